The van der Waals surface area contributed by atoms with Gasteiger partial charge in [-0.05, 0) is 17.6 Å². The van der Waals surface area contributed by atoms with Crippen molar-refractivity contribution in [1.29, 1.82) is 0 Å². The van der Waals surface area contributed by atoms with Gasteiger partial charge >= 0.3 is 0 Å². The fourth-order valence-corrected chi connectivity index (χ4v) is 0.975. The SMILES string of the molecule is CC(C)(C[18F])CCS. The first-order valence-corrected chi connectivity index (χ1v) is 3.42. The van der Waals surface area contributed by atoms with Crippen LogP contribution in [0.5, 0.6) is 0 Å². The Balaban J connectivity index is 3.37. The summed E-state index contributed by atoms with van der Waals surface area (Å²) in [7, 11) is 0. The van der Waals surface area contributed by atoms with E-state index in [1.165, 1.54) is 0 Å². The van der Waals surface area contributed by atoms with Gasteiger partial charge in [0.25, 0.3) is 0 Å². The highest BCUT2D eigenvalue weighted by atomic mass is 32.1. The Hall–Kier alpha value is 0.280. The summed E-state index contributed by atoms with van der Waals surface area (Å²) in [5.41, 5.74) is -0.151. The number of hydrogen-bond donors (Lipinski definition) is 1. The van der Waals surface area contributed by atoms with Crippen LogP contribution in [0.2, 0.25) is 0 Å². The van der Waals surface area contributed by atoms with Gasteiger partial charge in [-0.25, -0.2) is 0 Å². The maximum absolute atomic E-state index is 11.9. The Morgan fingerprint density at radius 1 is 1.50 bits per heavy atom. The third-order valence-corrected chi connectivity index (χ3v) is 1.37. The molecule has 0 bridgehead atoms. The second-order valence-corrected chi connectivity index (χ2v) is 3.22. The van der Waals surface area contributed by atoms with Crippen molar-refractivity contribution in [3.8, 4) is 0 Å². The molecular formula is C6H13FS. The van der Waals surface area contributed by atoms with Gasteiger partial charge in [-0.3, -0.25) is 4.39 Å². The molecule has 0 nitrogen and oxygen atoms in total. The second kappa shape index (κ2) is 3.33. The molecule has 0 amide bonds. The molecule has 8 heavy (non-hydrogen) atoms. The molecule has 0 aromatic carbocycles. The quantitative estimate of drug-likeness (QED) is 0.564. The van der Waals surface area contributed by atoms with E-state index in [9.17, 15) is 4.39 Å². The van der Waals surface area contributed by atoms with Crippen molar-refractivity contribution < 1.29 is 4.39 Å². The first kappa shape index (κ1) is 8.28. The van der Waals surface area contributed by atoms with Crippen molar-refractivity contribution in [3.05, 3.63) is 0 Å². The molecule has 0 aliphatic rings. The molecule has 0 unspecified atom stereocenters. The second-order valence-electron chi connectivity index (χ2n) is 2.77. The average molecular weight is 135 g/mol. The molecule has 0 spiro atoms. The molecule has 0 N–H and O–H groups in total. The van der Waals surface area contributed by atoms with Gasteiger partial charge in [-0.1, -0.05) is 13.8 Å². The van der Waals surface area contributed by atoms with E-state index >= 15 is 0 Å². The van der Waals surface area contributed by atoms with Gasteiger partial charge < -0.3 is 0 Å². The molecule has 2 heteroatoms. The number of rotatable bonds is 3. The van der Waals surface area contributed by atoms with Crippen LogP contribution in [0.4, 0.5) is 4.39 Å². The predicted molar refractivity (Wildman–Crippen MR) is 38.2 cm³/mol. The van der Waals surface area contributed by atoms with Crippen LogP contribution in [0.25, 0.3) is 0 Å². The summed E-state index contributed by atoms with van der Waals surface area (Å²) in [5.74, 6) is 0.775. The molecule has 0 atom stereocenters. The minimum atomic E-state index is -0.243. The lowest BCUT2D eigenvalue weighted by Crippen LogP contribution is -2.13. The number of halogens is 1. The van der Waals surface area contributed by atoms with E-state index in [0.717, 1.165) is 12.2 Å². The molecule has 0 aliphatic carbocycles. The van der Waals surface area contributed by atoms with Gasteiger partial charge in [-0.2, -0.15) is 12.6 Å². The van der Waals surface area contributed by atoms with E-state index in [1.807, 2.05) is 13.8 Å². The van der Waals surface area contributed by atoms with Crippen LogP contribution in [0.3, 0.4) is 0 Å². The van der Waals surface area contributed by atoms with Crippen LogP contribution < -0.4 is 0 Å². The van der Waals surface area contributed by atoms with Crippen molar-refractivity contribution in [3.63, 3.8) is 0 Å². The standard InChI is InChI=1S/C6H13FS/c1-6(2,5-7)3-4-8/h8H,3-5H2,1-2H3/i7-1. The highest BCUT2D eigenvalue weighted by Gasteiger charge is 2.15. The third-order valence-electron chi connectivity index (χ3n) is 1.15. The molecule has 0 fully saturated rings. The predicted octanol–water partition coefficient (Wildman–Crippen LogP) is 2.30. The molecular weight excluding hydrogens is 122 g/mol. The Morgan fingerprint density at radius 2 is 2.00 bits per heavy atom. The Morgan fingerprint density at radius 3 is 2.12 bits per heavy atom. The monoisotopic (exact) mass is 135 g/mol. The van der Waals surface area contributed by atoms with Crippen LogP contribution in [0, 0.1) is 5.41 Å². The summed E-state index contributed by atoms with van der Waals surface area (Å²) in [4.78, 5) is 0. The van der Waals surface area contributed by atoms with Gasteiger partial charge in [-0.15, -0.1) is 0 Å². The van der Waals surface area contributed by atoms with E-state index in [4.69, 9.17) is 0 Å². The zero-order valence-electron chi connectivity index (χ0n) is 5.45. The van der Waals surface area contributed by atoms with Crippen LogP contribution >= 0.6 is 12.6 Å². The largest absolute Gasteiger partial charge is 0.251 e. The fraction of sp³-hybridized carbons (Fsp3) is 1.00. The van der Waals surface area contributed by atoms with Gasteiger partial charge in [0.05, 0.1) is 6.67 Å². The van der Waals surface area contributed by atoms with Crippen LogP contribution in [0.15, 0.2) is 0 Å². The topological polar surface area (TPSA) is 0 Å². The molecule has 0 heterocycles. The summed E-state index contributed by atoms with van der Waals surface area (Å²) < 4.78 is 11.9. The molecule has 0 saturated heterocycles. The van der Waals surface area contributed by atoms with E-state index in [1.54, 1.807) is 0 Å². The van der Waals surface area contributed by atoms with Crippen molar-refractivity contribution in [2.24, 2.45) is 5.41 Å². The summed E-state index contributed by atoms with van der Waals surface area (Å²) >= 11 is 4.00. The van der Waals surface area contributed by atoms with Gasteiger partial charge in [0.2, 0.25) is 0 Å². The van der Waals surface area contributed by atoms with E-state index in [0.29, 0.717) is 0 Å². The van der Waals surface area contributed by atoms with Crippen molar-refractivity contribution >= 4 is 12.6 Å². The first-order valence-electron chi connectivity index (χ1n) is 2.79. The van der Waals surface area contributed by atoms with Gasteiger partial charge in [0.1, 0.15) is 0 Å². The van der Waals surface area contributed by atoms with E-state index in [2.05, 4.69) is 12.6 Å². The lowest BCUT2D eigenvalue weighted by Gasteiger charge is -2.17. The molecule has 0 rings (SSSR count). The van der Waals surface area contributed by atoms with Crippen molar-refractivity contribution in [2.45, 2.75) is 20.3 Å². The Bertz CT molecular complexity index is 61.5. The smallest absolute Gasteiger partial charge is 0.0945 e. The van der Waals surface area contributed by atoms with E-state index < -0.39 is 0 Å². The van der Waals surface area contributed by atoms with Crippen LogP contribution in [0.1, 0.15) is 20.3 Å². The summed E-state index contributed by atoms with van der Waals surface area (Å²) in [6.07, 6.45) is 0.854. The highest BCUT2D eigenvalue weighted by Crippen LogP contribution is 2.20. The first-order chi connectivity index (χ1) is 3.62. The summed E-state index contributed by atoms with van der Waals surface area (Å²) in [6.45, 7) is 3.57. The summed E-state index contributed by atoms with van der Waals surface area (Å²) in [6, 6.07) is 0. The Kier molecular flexibility index (Phi) is 3.45. The maximum Gasteiger partial charge on any atom is 0.0945 e. The fourth-order valence-electron chi connectivity index (χ4n) is 0.369. The van der Waals surface area contributed by atoms with E-state index in [-0.39, 0.29) is 12.1 Å². The minimum Gasteiger partial charge on any atom is -0.251 e. The molecule has 0 aromatic heterocycles. The normalized spacial score (nSPS) is 12.0. The Labute approximate surface area is 55.9 Å². The van der Waals surface area contributed by atoms with Crippen molar-refractivity contribution in [1.82, 2.24) is 0 Å². The number of alkyl halides is 1. The average Bonchev–Trinajstić information content (AvgIpc) is 1.67. The molecule has 0 aliphatic heterocycles. The molecule has 0 aromatic rings. The molecule has 50 valence electrons. The number of thiol groups is 1. The molecule has 0 radical (unpaired) electrons. The van der Waals surface area contributed by atoms with Gasteiger partial charge in [0.15, 0.2) is 0 Å². The zero-order valence-corrected chi connectivity index (χ0v) is 6.34. The summed E-state index contributed by atoms with van der Waals surface area (Å²) in [5, 5.41) is 0. The lowest BCUT2D eigenvalue weighted by atomic mass is 9.92. The zero-order chi connectivity index (χ0) is 6.62. The maximum atomic E-state index is 11.9. The number of hydrogen-bond acceptors (Lipinski definition) is 1. The highest BCUT2D eigenvalue weighted by molar-refractivity contribution is 7.80. The lowest BCUT2D eigenvalue weighted by molar-refractivity contribution is 0.251. The molecule has 0 saturated carbocycles. The van der Waals surface area contributed by atoms with Crippen molar-refractivity contribution in [2.75, 3.05) is 12.4 Å². The third kappa shape index (κ3) is 3.30. The van der Waals surface area contributed by atoms with Crippen LogP contribution in [-0.2, 0) is 0 Å². The van der Waals surface area contributed by atoms with Crippen LogP contribution in [-0.4, -0.2) is 12.4 Å². The van der Waals surface area contributed by atoms with Gasteiger partial charge in [0, 0.05) is 0 Å². The minimum absolute atomic E-state index is 0.151.